The number of nitrogens with zero attached hydrogens (tertiary/aromatic N) is 2. The molecule has 1 aromatic carbocycles. The highest BCUT2D eigenvalue weighted by molar-refractivity contribution is 7.80. The third-order valence-corrected chi connectivity index (χ3v) is 6.26. The molecule has 2 aliphatic carbocycles. The minimum Gasteiger partial charge on any atom is -0.755 e. The maximum Gasteiger partial charge on any atom is 0.257 e. The van der Waals surface area contributed by atoms with Crippen LogP contribution < -0.4 is 9.46 Å². The second-order valence-corrected chi connectivity index (χ2v) is 8.24. The Labute approximate surface area is 179 Å². The van der Waals surface area contributed by atoms with Crippen molar-refractivity contribution < 1.29 is 31.9 Å². The smallest absolute Gasteiger partial charge is 0.257 e. The van der Waals surface area contributed by atoms with Crippen molar-refractivity contribution in [2.45, 2.75) is 5.67 Å². The van der Waals surface area contributed by atoms with Crippen molar-refractivity contribution in [2.24, 2.45) is 11.8 Å². The molecule has 1 saturated heterocycles. The average Bonchev–Trinajstić information content (AvgIpc) is 3.39. The molecule has 2 amide bonds. The summed E-state index contributed by atoms with van der Waals surface area (Å²) in [6.45, 7) is 0.859. The number of amides is 2. The summed E-state index contributed by atoms with van der Waals surface area (Å²) in [5, 5.41) is 0. The minimum absolute atomic E-state index is 0.203. The van der Waals surface area contributed by atoms with Crippen LogP contribution >= 0.6 is 0 Å². The Hall–Kier alpha value is -2.79. The first-order valence-corrected chi connectivity index (χ1v) is 10.7. The number of piperazine rings is 1. The third-order valence-electron chi connectivity index (χ3n) is 5.86. The van der Waals surface area contributed by atoms with E-state index in [1.807, 2.05) is 0 Å². The van der Waals surface area contributed by atoms with Crippen molar-refractivity contribution in [2.75, 3.05) is 38.0 Å². The van der Waals surface area contributed by atoms with Crippen molar-refractivity contribution >= 4 is 28.8 Å². The van der Waals surface area contributed by atoms with Gasteiger partial charge in [-0.1, -0.05) is 6.08 Å². The maximum atomic E-state index is 14.7. The largest absolute Gasteiger partial charge is 0.755 e. The van der Waals surface area contributed by atoms with Gasteiger partial charge < -0.3 is 23.8 Å². The van der Waals surface area contributed by atoms with Crippen LogP contribution in [0.1, 0.15) is 10.4 Å². The van der Waals surface area contributed by atoms with Crippen LogP contribution in [-0.4, -0.2) is 69.3 Å². The molecule has 11 heteroatoms. The molecule has 31 heavy (non-hydrogen) atoms. The number of alkyl halides is 1. The Kier molecular flexibility index (Phi) is 5.56. The van der Waals surface area contributed by atoms with Crippen molar-refractivity contribution in [1.82, 2.24) is 9.80 Å². The van der Waals surface area contributed by atoms with Crippen molar-refractivity contribution in [3.8, 4) is 5.75 Å². The van der Waals surface area contributed by atoms with Crippen LogP contribution in [0, 0.1) is 11.8 Å². The topological polar surface area (TPSA) is 102 Å². The van der Waals surface area contributed by atoms with Gasteiger partial charge in [-0.25, -0.2) is 8.78 Å². The van der Waals surface area contributed by atoms with Gasteiger partial charge in [0.05, 0.1) is 24.5 Å². The number of halogens is 2. The van der Waals surface area contributed by atoms with E-state index in [9.17, 15) is 27.1 Å². The van der Waals surface area contributed by atoms with Crippen molar-refractivity contribution in [3.63, 3.8) is 0 Å². The number of ether oxygens (including phenoxy) is 1. The Morgan fingerprint density at radius 1 is 1.26 bits per heavy atom. The molecule has 0 aromatic heterocycles. The summed E-state index contributed by atoms with van der Waals surface area (Å²) in [6.07, 6.45) is 3.70. The molecule has 0 bridgehead atoms. The van der Waals surface area contributed by atoms with Crippen LogP contribution in [0.3, 0.4) is 0 Å². The van der Waals surface area contributed by atoms with Gasteiger partial charge in [0.1, 0.15) is 11.6 Å². The zero-order valence-corrected chi connectivity index (χ0v) is 17.4. The minimum atomic E-state index is -2.51. The number of carbonyl (C=O) groups is 2. The molecule has 1 aromatic rings. The summed E-state index contributed by atoms with van der Waals surface area (Å²) in [6, 6.07) is 4.29. The van der Waals surface area contributed by atoms with E-state index in [-0.39, 0.29) is 49.1 Å². The molecule has 1 saturated carbocycles. The monoisotopic (exact) mass is 452 g/mol. The molecule has 2 fully saturated rings. The van der Waals surface area contributed by atoms with Crippen LogP contribution in [0.25, 0.3) is 0 Å². The van der Waals surface area contributed by atoms with Crippen LogP contribution in [-0.2, 0) is 16.1 Å². The van der Waals surface area contributed by atoms with Gasteiger partial charge in [-0.2, -0.15) is 0 Å². The zero-order valence-electron chi connectivity index (χ0n) is 16.5. The summed E-state index contributed by atoms with van der Waals surface area (Å²) >= 11 is -2.51. The number of benzene rings is 1. The van der Waals surface area contributed by atoms with Gasteiger partial charge in [0.15, 0.2) is 5.67 Å². The lowest BCUT2D eigenvalue weighted by Gasteiger charge is -2.35. The number of hydrogen-bond acceptors (Lipinski definition) is 5. The number of hydrogen-bond donors (Lipinski definition) is 1. The van der Waals surface area contributed by atoms with Gasteiger partial charge in [0, 0.05) is 49.2 Å². The number of methoxy groups -OCH3 is 1. The first-order chi connectivity index (χ1) is 14.8. The van der Waals surface area contributed by atoms with Crippen LogP contribution in [0.2, 0.25) is 0 Å². The number of anilines is 1. The summed E-state index contributed by atoms with van der Waals surface area (Å²) in [5.41, 5.74) is -1.46. The maximum absolute atomic E-state index is 14.7. The Morgan fingerprint density at radius 3 is 2.55 bits per heavy atom. The van der Waals surface area contributed by atoms with Crippen LogP contribution in [0.5, 0.6) is 5.75 Å². The normalized spacial score (nSPS) is 27.8. The average molecular weight is 452 g/mol. The lowest BCUT2D eigenvalue weighted by atomic mass is 10.1. The molecule has 4 atom stereocenters. The highest BCUT2D eigenvalue weighted by Gasteiger charge is 2.71. The van der Waals surface area contributed by atoms with Crippen molar-refractivity contribution in [3.05, 3.63) is 47.8 Å². The fraction of sp³-hybridized carbons (Fsp3) is 0.400. The summed E-state index contributed by atoms with van der Waals surface area (Å²) in [4.78, 5) is 28.6. The Bertz CT molecular complexity index is 1010. The molecule has 1 N–H and O–H groups in total. The van der Waals surface area contributed by atoms with Crippen LogP contribution in [0.15, 0.2) is 42.3 Å². The molecule has 0 spiro atoms. The molecule has 3 aliphatic rings. The molecule has 4 rings (SSSR count). The van der Waals surface area contributed by atoms with E-state index in [0.29, 0.717) is 0 Å². The number of allylic oxidation sites excluding steroid dienone is 4. The summed E-state index contributed by atoms with van der Waals surface area (Å²) in [5.74, 6) is -3.32. The van der Waals surface area contributed by atoms with Gasteiger partial charge in [-0.15, -0.1) is 0 Å². The second kappa shape index (κ2) is 8.04. The predicted molar refractivity (Wildman–Crippen MR) is 107 cm³/mol. The molecule has 4 unspecified atom stereocenters. The first-order valence-electron chi connectivity index (χ1n) is 9.62. The van der Waals surface area contributed by atoms with E-state index in [1.165, 1.54) is 53.3 Å². The van der Waals surface area contributed by atoms with E-state index in [1.54, 1.807) is 0 Å². The quantitative estimate of drug-likeness (QED) is 0.684. The van der Waals surface area contributed by atoms with E-state index < -0.39 is 40.5 Å². The standard InChI is InChI=1S/C20H21F2N3O5S/c1-30-15-11-12(23-31(28)29)4-5-13(15)18(26)24-7-9-25(10-8-24)19(27)17-16-14(21)3-2-6-20(16,17)22/h2-6,11,16-17,23H,7-10H2,1H3,(H,28,29)/p-1. The molecule has 1 heterocycles. The first kappa shape index (κ1) is 21.4. The number of fused-ring (bicyclic) bond motifs is 1. The van der Waals surface area contributed by atoms with E-state index in [4.69, 9.17) is 4.74 Å². The number of carbonyl (C=O) groups excluding carboxylic acids is 2. The molecule has 0 radical (unpaired) electrons. The number of rotatable bonds is 5. The van der Waals surface area contributed by atoms with E-state index in [0.717, 1.165) is 0 Å². The molecular weight excluding hydrogens is 432 g/mol. The molecule has 8 nitrogen and oxygen atoms in total. The van der Waals surface area contributed by atoms with Crippen LogP contribution in [0.4, 0.5) is 14.5 Å². The molecule has 1 aliphatic heterocycles. The molecule has 166 valence electrons. The van der Waals surface area contributed by atoms with Crippen molar-refractivity contribution in [1.29, 1.82) is 0 Å². The third kappa shape index (κ3) is 3.83. The SMILES string of the molecule is COc1cc(NS(=O)[O-])ccc1C(=O)N1CCN(C(=O)C2C3C(F)=CC=CC23F)CC1. The van der Waals surface area contributed by atoms with Gasteiger partial charge >= 0.3 is 0 Å². The highest BCUT2D eigenvalue weighted by Crippen LogP contribution is 2.61. The second-order valence-electron chi connectivity index (χ2n) is 7.56. The fourth-order valence-electron chi connectivity index (χ4n) is 4.20. The predicted octanol–water partition coefficient (Wildman–Crippen LogP) is 1.56. The fourth-order valence-corrected chi connectivity index (χ4v) is 4.52. The van der Waals surface area contributed by atoms with Gasteiger partial charge in [0.25, 0.3) is 5.91 Å². The number of nitrogens with one attached hydrogen (secondary N) is 1. The Balaban J connectivity index is 1.40. The van der Waals surface area contributed by atoms with Gasteiger partial charge in [-0.05, 0) is 24.3 Å². The highest BCUT2D eigenvalue weighted by atomic mass is 32.2. The lowest BCUT2D eigenvalue weighted by Crippen LogP contribution is -2.51. The van der Waals surface area contributed by atoms with Gasteiger partial charge in [0.2, 0.25) is 5.91 Å². The summed E-state index contributed by atoms with van der Waals surface area (Å²) in [7, 11) is 1.37. The Morgan fingerprint density at radius 2 is 1.94 bits per heavy atom. The zero-order chi connectivity index (χ0) is 22.3. The summed E-state index contributed by atoms with van der Waals surface area (Å²) < 4.78 is 57.6. The molecular formula is C20H20F2N3O5S-. The van der Waals surface area contributed by atoms with E-state index >= 15 is 0 Å². The lowest BCUT2D eigenvalue weighted by molar-refractivity contribution is -0.135. The van der Waals surface area contributed by atoms with Gasteiger partial charge in [-0.3, -0.25) is 13.8 Å². The van der Waals surface area contributed by atoms with E-state index in [2.05, 4.69) is 4.72 Å².